The summed E-state index contributed by atoms with van der Waals surface area (Å²) in [6, 6.07) is 32.4. The average molecular weight is 689 g/mol. The molecule has 4 heterocycles. The smallest absolute Gasteiger partial charge is 0.347 e. The van der Waals surface area contributed by atoms with E-state index in [1.807, 2.05) is 60.7 Å². The van der Waals surface area contributed by atoms with Gasteiger partial charge in [-0.15, -0.1) is 0 Å². The van der Waals surface area contributed by atoms with Crippen molar-refractivity contribution in [1.29, 1.82) is 0 Å². The predicted molar refractivity (Wildman–Crippen MR) is 194 cm³/mol. The molecule has 0 saturated heterocycles. The zero-order chi connectivity index (χ0) is 35.9. The highest BCUT2D eigenvalue weighted by Crippen LogP contribution is 2.27. The third-order valence-electron chi connectivity index (χ3n) is 8.26. The van der Waals surface area contributed by atoms with Crippen molar-refractivity contribution in [3.63, 3.8) is 0 Å². The van der Waals surface area contributed by atoms with Crippen molar-refractivity contribution in [2.24, 2.45) is 0 Å². The molecular weight excluding hydrogens is 664 g/mol. The van der Waals surface area contributed by atoms with Crippen molar-refractivity contribution < 1.29 is 17.7 Å². The van der Waals surface area contributed by atoms with Crippen molar-refractivity contribution in [2.45, 2.75) is 13.8 Å². The molecule has 0 aliphatic heterocycles. The number of rotatable bonds is 3. The van der Waals surface area contributed by atoms with E-state index >= 15 is 0 Å². The fourth-order valence-corrected chi connectivity index (χ4v) is 5.75. The van der Waals surface area contributed by atoms with Crippen LogP contribution in [0.4, 0.5) is 0 Å². The van der Waals surface area contributed by atoms with Crippen molar-refractivity contribution in [3.8, 4) is 34.0 Å². The maximum absolute atomic E-state index is 12.3. The Morgan fingerprint density at radius 1 is 0.365 bits per heavy atom. The van der Waals surface area contributed by atoms with Gasteiger partial charge in [-0.2, -0.15) is 0 Å². The van der Waals surface area contributed by atoms with Crippen LogP contribution in [-0.2, 0) is 0 Å². The zero-order valence-electron chi connectivity index (χ0n) is 27.4. The van der Waals surface area contributed by atoms with Crippen LogP contribution >= 0.6 is 0 Å². The number of nitrogens with zero attached hydrogens (tertiary/aromatic N) is 4. The Morgan fingerprint density at radius 3 is 1.15 bits per heavy atom. The van der Waals surface area contributed by atoms with Crippen molar-refractivity contribution in [1.82, 2.24) is 19.9 Å². The third kappa shape index (κ3) is 6.05. The summed E-state index contributed by atoms with van der Waals surface area (Å²) in [4.78, 5) is 65.0. The monoisotopic (exact) mass is 688 g/mol. The largest absolute Gasteiger partial charge is 0.408 e. The number of hydrogen-bond donors (Lipinski definition) is 0. The summed E-state index contributed by atoms with van der Waals surface area (Å²) < 4.78 is 20.6. The fraction of sp³-hybridized carbons (Fsp3) is 0.0500. The van der Waals surface area contributed by atoms with Crippen LogP contribution in [-0.4, -0.2) is 19.9 Å². The van der Waals surface area contributed by atoms with Crippen LogP contribution in [0.25, 0.3) is 77.6 Å². The van der Waals surface area contributed by atoms with Gasteiger partial charge in [0.2, 0.25) is 11.8 Å². The first-order valence-electron chi connectivity index (χ1n) is 15.9. The van der Waals surface area contributed by atoms with E-state index < -0.39 is 22.5 Å². The standard InChI is InChI=1S/C28H16N2O4.C12H8N2O4/c31-27-21-5-1-3-7-23(21)29-25(33-27)19-13-9-17(10-14-19)18-11-15-20(16-12-18)26-30-24-8-4-2-6-22(24)28(32)34-26;1-5-13-9-4-10-8(3-7(9)11(15)17-5)12(16)18-6(2)14-10/h1-16H;3-4H,1-2H3. The second-order valence-corrected chi connectivity index (χ2v) is 11.7. The molecule has 0 saturated carbocycles. The summed E-state index contributed by atoms with van der Waals surface area (Å²) in [6.07, 6.45) is 0. The molecule has 0 radical (unpaired) electrons. The lowest BCUT2D eigenvalue weighted by atomic mass is 10.0. The Bertz CT molecular complexity index is 2870. The number of fused-ring (bicyclic) bond motifs is 4. The molecule has 12 nitrogen and oxygen atoms in total. The molecule has 0 aliphatic carbocycles. The fourth-order valence-electron chi connectivity index (χ4n) is 5.75. The molecular formula is C40H24N4O8. The van der Waals surface area contributed by atoms with Crippen molar-refractivity contribution in [2.75, 3.05) is 0 Å². The van der Waals surface area contributed by atoms with E-state index in [0.717, 1.165) is 11.1 Å². The molecule has 0 atom stereocenters. The molecule has 0 spiro atoms. The molecule has 0 aliphatic rings. The maximum Gasteiger partial charge on any atom is 0.347 e. The Balaban J connectivity index is 0.000000181. The minimum absolute atomic E-state index is 0.242. The summed E-state index contributed by atoms with van der Waals surface area (Å²) in [7, 11) is 0. The van der Waals surface area contributed by atoms with Crippen molar-refractivity contribution in [3.05, 3.63) is 163 Å². The molecule has 9 aromatic rings. The highest BCUT2D eigenvalue weighted by atomic mass is 16.4. The van der Waals surface area contributed by atoms with Gasteiger partial charge in [-0.25, -0.2) is 39.1 Å². The molecule has 5 aromatic carbocycles. The van der Waals surface area contributed by atoms with Gasteiger partial charge in [0.25, 0.3) is 0 Å². The van der Waals surface area contributed by atoms with Crippen LogP contribution in [0.2, 0.25) is 0 Å². The van der Waals surface area contributed by atoms with E-state index in [0.29, 0.717) is 44.0 Å². The highest BCUT2D eigenvalue weighted by molar-refractivity contribution is 5.93. The van der Waals surface area contributed by atoms with Gasteiger partial charge >= 0.3 is 22.5 Å². The first-order valence-corrected chi connectivity index (χ1v) is 15.9. The number of hydrogen-bond acceptors (Lipinski definition) is 12. The molecule has 0 fully saturated rings. The van der Waals surface area contributed by atoms with Gasteiger partial charge in [0.1, 0.15) is 0 Å². The van der Waals surface area contributed by atoms with Gasteiger partial charge < -0.3 is 17.7 Å². The summed E-state index contributed by atoms with van der Waals surface area (Å²) in [5.74, 6) is 1.10. The summed E-state index contributed by atoms with van der Waals surface area (Å²) >= 11 is 0. The van der Waals surface area contributed by atoms with Crippen LogP contribution in [0, 0.1) is 13.8 Å². The van der Waals surface area contributed by atoms with Gasteiger partial charge in [-0.1, -0.05) is 48.5 Å². The van der Waals surface area contributed by atoms with E-state index in [-0.39, 0.29) is 34.3 Å². The van der Waals surface area contributed by atoms with Crippen LogP contribution in [0.1, 0.15) is 11.8 Å². The second-order valence-electron chi connectivity index (χ2n) is 11.7. The van der Waals surface area contributed by atoms with Gasteiger partial charge in [0.05, 0.1) is 43.6 Å². The Hall–Kier alpha value is -7.34. The Kier molecular flexibility index (Phi) is 7.88. The lowest BCUT2D eigenvalue weighted by Gasteiger charge is -2.06. The first-order chi connectivity index (χ1) is 25.2. The van der Waals surface area contributed by atoms with Crippen LogP contribution < -0.4 is 22.5 Å². The zero-order valence-corrected chi connectivity index (χ0v) is 27.4. The number of aromatic nitrogens is 4. The van der Waals surface area contributed by atoms with E-state index in [4.69, 9.17) is 17.7 Å². The predicted octanol–water partition coefficient (Wildman–Crippen LogP) is 7.00. The Morgan fingerprint density at radius 2 is 0.731 bits per heavy atom. The van der Waals surface area contributed by atoms with Crippen LogP contribution in [0.3, 0.4) is 0 Å². The number of para-hydroxylation sites is 2. The van der Waals surface area contributed by atoms with E-state index in [2.05, 4.69) is 19.9 Å². The third-order valence-corrected chi connectivity index (χ3v) is 8.26. The minimum Gasteiger partial charge on any atom is -0.408 e. The quantitative estimate of drug-likeness (QED) is 0.174. The lowest BCUT2D eigenvalue weighted by molar-refractivity contribution is 0.465. The van der Waals surface area contributed by atoms with E-state index in [9.17, 15) is 19.2 Å². The SMILES string of the molecule is Cc1nc2cc3nc(C)oc(=O)c3cc2c(=O)o1.O=c1oc(-c2ccc(-c3ccc(-c4nc5ccccc5c(=O)o4)cc3)cc2)nc2ccccc12. The van der Waals surface area contributed by atoms with E-state index in [1.165, 1.54) is 6.07 Å². The molecule has 0 unspecified atom stereocenters. The molecule has 0 amide bonds. The summed E-state index contributed by atoms with van der Waals surface area (Å²) in [5.41, 5.74) is 3.61. The van der Waals surface area contributed by atoms with Crippen molar-refractivity contribution >= 4 is 43.6 Å². The maximum atomic E-state index is 12.3. The molecule has 9 rings (SSSR count). The lowest BCUT2D eigenvalue weighted by Crippen LogP contribution is -2.07. The summed E-state index contributed by atoms with van der Waals surface area (Å²) in [5, 5.41) is 1.40. The van der Waals surface area contributed by atoms with Gasteiger partial charge in [-0.3, -0.25) is 0 Å². The van der Waals surface area contributed by atoms with E-state index in [1.54, 1.807) is 56.3 Å². The van der Waals surface area contributed by atoms with Gasteiger partial charge in [0.15, 0.2) is 11.8 Å². The molecule has 252 valence electrons. The highest BCUT2D eigenvalue weighted by Gasteiger charge is 2.12. The average Bonchev–Trinajstić information content (AvgIpc) is 3.14. The second kappa shape index (κ2) is 12.8. The molecule has 0 bridgehead atoms. The number of benzene rings is 5. The number of aryl methyl sites for hydroxylation is 2. The molecule has 12 heteroatoms. The normalized spacial score (nSPS) is 11.2. The van der Waals surface area contributed by atoms with Crippen LogP contribution in [0.15, 0.2) is 146 Å². The van der Waals surface area contributed by atoms with Gasteiger partial charge in [-0.05, 0) is 71.8 Å². The minimum atomic E-state index is -0.528. The van der Waals surface area contributed by atoms with Crippen LogP contribution in [0.5, 0.6) is 0 Å². The molecule has 52 heavy (non-hydrogen) atoms. The molecule has 4 aromatic heterocycles. The summed E-state index contributed by atoms with van der Waals surface area (Å²) in [6.45, 7) is 3.17. The van der Waals surface area contributed by atoms with Gasteiger partial charge in [0, 0.05) is 25.0 Å². The first kappa shape index (κ1) is 31.9. The topological polar surface area (TPSA) is 172 Å². The molecule has 0 N–H and O–H groups in total. The Labute approximate surface area is 291 Å².